The molecule has 0 bridgehead atoms. The Labute approximate surface area is 118 Å². The van der Waals surface area contributed by atoms with E-state index in [1.54, 1.807) is 6.07 Å². The Bertz CT molecular complexity index is 441. The predicted octanol–water partition coefficient (Wildman–Crippen LogP) is 3.15. The lowest BCUT2D eigenvalue weighted by atomic mass is 10.2. The summed E-state index contributed by atoms with van der Waals surface area (Å²) in [5.74, 6) is 0.0181. The monoisotopic (exact) mass is 284 g/mol. The van der Waals surface area contributed by atoms with Crippen molar-refractivity contribution in [3.05, 3.63) is 24.0 Å². The smallest absolute Gasteiger partial charge is 0.233 e. The van der Waals surface area contributed by atoms with Gasteiger partial charge in [-0.1, -0.05) is 0 Å². The molecule has 2 N–H and O–H groups in total. The first-order valence-electron chi connectivity index (χ1n) is 6.32. The van der Waals surface area contributed by atoms with Crippen LogP contribution in [0.25, 0.3) is 0 Å². The van der Waals surface area contributed by atoms with E-state index in [1.165, 1.54) is 23.9 Å². The Balaban J connectivity index is 2.67. The van der Waals surface area contributed by atoms with Gasteiger partial charge in [-0.2, -0.15) is 0 Å². The number of nitrogens with two attached hydrogens (primary N) is 1. The van der Waals surface area contributed by atoms with Crippen molar-refractivity contribution in [1.82, 2.24) is 4.90 Å². The highest BCUT2D eigenvalue weighted by atomic mass is 32.2. The topological polar surface area (TPSA) is 46.3 Å². The molecule has 0 saturated carbocycles. The van der Waals surface area contributed by atoms with E-state index in [-0.39, 0.29) is 23.8 Å². The van der Waals surface area contributed by atoms with Crippen molar-refractivity contribution in [2.24, 2.45) is 0 Å². The molecular weight excluding hydrogens is 263 g/mol. The number of nitrogens with zero attached hydrogens (tertiary/aromatic N) is 1. The summed E-state index contributed by atoms with van der Waals surface area (Å²) in [7, 11) is 0. The molecule has 0 aliphatic carbocycles. The number of carbonyl (C=O) groups is 1. The molecule has 0 fully saturated rings. The molecule has 19 heavy (non-hydrogen) atoms. The number of amides is 1. The Morgan fingerprint density at radius 3 is 2.37 bits per heavy atom. The van der Waals surface area contributed by atoms with Gasteiger partial charge in [-0.15, -0.1) is 11.8 Å². The maximum absolute atomic E-state index is 12.9. The fraction of sp³-hybridized carbons (Fsp3) is 0.500. The molecule has 1 aromatic rings. The third kappa shape index (κ3) is 4.42. The molecule has 0 aliphatic heterocycles. The summed E-state index contributed by atoms with van der Waals surface area (Å²) in [5, 5.41) is 0. The zero-order valence-electron chi connectivity index (χ0n) is 11.8. The summed E-state index contributed by atoms with van der Waals surface area (Å²) in [6, 6.07) is 4.57. The van der Waals surface area contributed by atoms with Gasteiger partial charge >= 0.3 is 0 Å². The predicted molar refractivity (Wildman–Crippen MR) is 78.7 cm³/mol. The molecule has 106 valence electrons. The van der Waals surface area contributed by atoms with Gasteiger partial charge in [-0.3, -0.25) is 4.79 Å². The SMILES string of the molecule is CC(C)N(C(=O)CSc1ccc(F)cc1N)C(C)C. The largest absolute Gasteiger partial charge is 0.398 e. The second-order valence-electron chi connectivity index (χ2n) is 4.96. The maximum atomic E-state index is 12.9. The number of rotatable bonds is 5. The van der Waals surface area contributed by atoms with E-state index < -0.39 is 0 Å². The molecule has 3 nitrogen and oxygen atoms in total. The van der Waals surface area contributed by atoms with Crippen molar-refractivity contribution < 1.29 is 9.18 Å². The van der Waals surface area contributed by atoms with Gasteiger partial charge in [-0.05, 0) is 45.9 Å². The van der Waals surface area contributed by atoms with Crippen LogP contribution in [0.3, 0.4) is 0 Å². The summed E-state index contributed by atoms with van der Waals surface area (Å²) >= 11 is 1.34. The third-order valence-corrected chi connectivity index (χ3v) is 3.80. The molecule has 1 rings (SSSR count). The van der Waals surface area contributed by atoms with Crippen molar-refractivity contribution >= 4 is 23.4 Å². The molecule has 1 amide bonds. The number of halogens is 1. The number of benzene rings is 1. The quantitative estimate of drug-likeness (QED) is 0.667. The van der Waals surface area contributed by atoms with E-state index in [0.717, 1.165) is 4.90 Å². The van der Waals surface area contributed by atoms with E-state index in [1.807, 2.05) is 32.6 Å². The van der Waals surface area contributed by atoms with E-state index in [2.05, 4.69) is 0 Å². The van der Waals surface area contributed by atoms with Crippen LogP contribution in [0.2, 0.25) is 0 Å². The Kier molecular flexibility index (Phi) is 5.66. The Morgan fingerprint density at radius 2 is 1.89 bits per heavy atom. The minimum absolute atomic E-state index is 0.0683. The summed E-state index contributed by atoms with van der Waals surface area (Å²) in [4.78, 5) is 14.7. The molecular formula is C14H21FN2OS. The average molecular weight is 284 g/mol. The molecule has 0 aromatic heterocycles. The van der Waals surface area contributed by atoms with Gasteiger partial charge < -0.3 is 10.6 Å². The first-order chi connectivity index (χ1) is 8.82. The van der Waals surface area contributed by atoms with Gasteiger partial charge in [0, 0.05) is 22.7 Å². The molecule has 0 aliphatic rings. The van der Waals surface area contributed by atoms with Crippen molar-refractivity contribution in [2.75, 3.05) is 11.5 Å². The lowest BCUT2D eigenvalue weighted by molar-refractivity contribution is -0.131. The van der Waals surface area contributed by atoms with Crippen LogP contribution in [0.15, 0.2) is 23.1 Å². The van der Waals surface area contributed by atoms with Crippen LogP contribution in [0.1, 0.15) is 27.7 Å². The van der Waals surface area contributed by atoms with E-state index >= 15 is 0 Å². The van der Waals surface area contributed by atoms with Crippen LogP contribution in [-0.4, -0.2) is 28.6 Å². The molecule has 0 atom stereocenters. The van der Waals surface area contributed by atoms with Crippen LogP contribution in [0.5, 0.6) is 0 Å². The first-order valence-corrected chi connectivity index (χ1v) is 7.30. The van der Waals surface area contributed by atoms with Gasteiger partial charge in [0.15, 0.2) is 0 Å². The van der Waals surface area contributed by atoms with Crippen LogP contribution in [-0.2, 0) is 4.79 Å². The summed E-state index contributed by atoms with van der Waals surface area (Å²) < 4.78 is 12.9. The van der Waals surface area contributed by atoms with Gasteiger partial charge in [0.05, 0.1) is 5.75 Å². The van der Waals surface area contributed by atoms with Crippen LogP contribution in [0.4, 0.5) is 10.1 Å². The molecule has 0 unspecified atom stereocenters. The van der Waals surface area contributed by atoms with Crippen molar-refractivity contribution in [1.29, 1.82) is 0 Å². The number of thioether (sulfide) groups is 1. The number of hydrogen-bond donors (Lipinski definition) is 1. The second kappa shape index (κ2) is 6.80. The van der Waals surface area contributed by atoms with Crippen LogP contribution >= 0.6 is 11.8 Å². The summed E-state index contributed by atoms with van der Waals surface area (Å²) in [6.07, 6.45) is 0. The van der Waals surface area contributed by atoms with E-state index in [9.17, 15) is 9.18 Å². The third-order valence-electron chi connectivity index (χ3n) is 2.72. The number of hydrogen-bond acceptors (Lipinski definition) is 3. The van der Waals surface area contributed by atoms with Crippen LogP contribution in [0, 0.1) is 5.82 Å². The number of anilines is 1. The molecule has 0 radical (unpaired) electrons. The lowest BCUT2D eigenvalue weighted by Crippen LogP contribution is -2.43. The second-order valence-corrected chi connectivity index (χ2v) is 5.98. The van der Waals surface area contributed by atoms with Gasteiger partial charge in [0.25, 0.3) is 0 Å². The van der Waals surface area contributed by atoms with Crippen molar-refractivity contribution in [2.45, 2.75) is 44.7 Å². The summed E-state index contributed by atoms with van der Waals surface area (Å²) in [6.45, 7) is 7.98. The fourth-order valence-electron chi connectivity index (χ4n) is 2.04. The number of nitrogen functional groups attached to an aromatic ring is 1. The molecule has 1 aromatic carbocycles. The zero-order valence-corrected chi connectivity index (χ0v) is 12.6. The first kappa shape index (κ1) is 15.8. The highest BCUT2D eigenvalue weighted by molar-refractivity contribution is 8.00. The molecule has 0 heterocycles. The van der Waals surface area contributed by atoms with Gasteiger partial charge in [0.1, 0.15) is 5.82 Å². The number of carbonyl (C=O) groups excluding carboxylic acids is 1. The highest BCUT2D eigenvalue weighted by Gasteiger charge is 2.20. The van der Waals surface area contributed by atoms with Crippen molar-refractivity contribution in [3.63, 3.8) is 0 Å². The normalized spacial score (nSPS) is 11.1. The van der Waals surface area contributed by atoms with Crippen LogP contribution < -0.4 is 5.73 Å². The minimum Gasteiger partial charge on any atom is -0.398 e. The van der Waals surface area contributed by atoms with Gasteiger partial charge in [0.2, 0.25) is 5.91 Å². The minimum atomic E-state index is -0.362. The molecule has 5 heteroatoms. The van der Waals surface area contributed by atoms with Gasteiger partial charge in [-0.25, -0.2) is 4.39 Å². The van der Waals surface area contributed by atoms with E-state index in [4.69, 9.17) is 5.73 Å². The molecule has 0 spiro atoms. The summed E-state index contributed by atoms with van der Waals surface area (Å²) in [5.41, 5.74) is 6.09. The fourth-order valence-corrected chi connectivity index (χ4v) is 2.85. The van der Waals surface area contributed by atoms with Crippen molar-refractivity contribution in [3.8, 4) is 0 Å². The Hall–Kier alpha value is -1.23. The maximum Gasteiger partial charge on any atom is 0.233 e. The Morgan fingerprint density at radius 1 is 1.32 bits per heavy atom. The standard InChI is InChI=1S/C14H21FN2OS/c1-9(2)17(10(3)4)14(18)8-19-13-6-5-11(15)7-12(13)16/h5-7,9-10H,8,16H2,1-4H3. The highest BCUT2D eigenvalue weighted by Crippen LogP contribution is 2.26. The zero-order chi connectivity index (χ0) is 14.6. The molecule has 0 saturated heterocycles. The average Bonchev–Trinajstić information content (AvgIpc) is 2.26. The lowest BCUT2D eigenvalue weighted by Gasteiger charge is -2.30. The van der Waals surface area contributed by atoms with E-state index in [0.29, 0.717) is 11.4 Å².